The second kappa shape index (κ2) is 9.11. The fraction of sp³-hybridized carbons (Fsp3) is 0.381. The summed E-state index contributed by atoms with van der Waals surface area (Å²) in [6.45, 7) is 6.00. The summed E-state index contributed by atoms with van der Waals surface area (Å²) in [5, 5.41) is 8.69. The van der Waals surface area contributed by atoms with Crippen LogP contribution in [-0.4, -0.2) is 51.4 Å². The minimum atomic E-state index is -3.98. The quantitative estimate of drug-likeness (QED) is 0.665. The van der Waals surface area contributed by atoms with Crippen LogP contribution in [0.3, 0.4) is 0 Å². The van der Waals surface area contributed by atoms with Crippen molar-refractivity contribution in [1.29, 1.82) is 0 Å². The van der Waals surface area contributed by atoms with E-state index in [-0.39, 0.29) is 28.5 Å². The summed E-state index contributed by atoms with van der Waals surface area (Å²) in [6, 6.07) is 8.25. The maximum absolute atomic E-state index is 14.8. The van der Waals surface area contributed by atoms with Crippen LogP contribution in [0.2, 0.25) is 0 Å². The number of morpholine rings is 1. The number of nitrogens with zero attached hydrogens (tertiary/aromatic N) is 1. The number of ether oxygens (including phenoxy) is 2. The molecule has 0 aliphatic carbocycles. The van der Waals surface area contributed by atoms with Gasteiger partial charge < -0.3 is 19.5 Å². The first-order chi connectivity index (χ1) is 14.5. The zero-order valence-corrected chi connectivity index (χ0v) is 18.3. The normalized spacial score (nSPS) is 19.2. The molecule has 168 valence electrons. The number of nitrogens with one attached hydrogen (secondary N) is 1. The molecule has 8 nitrogen and oxygen atoms in total. The topological polar surface area (TPSA) is 105 Å². The Morgan fingerprint density at radius 3 is 2.48 bits per heavy atom. The fourth-order valence-corrected chi connectivity index (χ4v) is 4.64. The number of sulfonamides is 1. The maximum atomic E-state index is 14.8. The summed E-state index contributed by atoms with van der Waals surface area (Å²) < 4.78 is 53.3. The maximum Gasteiger partial charge on any atom is 0.341 e. The van der Waals surface area contributed by atoms with Gasteiger partial charge in [-0.1, -0.05) is 0 Å². The van der Waals surface area contributed by atoms with Gasteiger partial charge in [0.1, 0.15) is 11.6 Å². The first kappa shape index (κ1) is 22.8. The smallest absolute Gasteiger partial charge is 0.341 e. The first-order valence-corrected chi connectivity index (χ1v) is 11.2. The number of aryl methyl sites for hydroxylation is 1. The van der Waals surface area contributed by atoms with E-state index < -0.39 is 28.4 Å². The van der Waals surface area contributed by atoms with Crippen LogP contribution in [0.25, 0.3) is 0 Å². The average molecular weight is 453 g/mol. The highest BCUT2D eigenvalue weighted by Crippen LogP contribution is 2.28. The van der Waals surface area contributed by atoms with E-state index in [2.05, 4.69) is 4.72 Å². The van der Waals surface area contributed by atoms with E-state index in [0.717, 1.165) is 6.07 Å². The van der Waals surface area contributed by atoms with E-state index in [4.69, 9.17) is 14.6 Å². The van der Waals surface area contributed by atoms with Crippen molar-refractivity contribution in [3.8, 4) is 5.75 Å². The van der Waals surface area contributed by atoms with Crippen molar-refractivity contribution in [2.45, 2.75) is 37.9 Å². The Kier molecular flexibility index (Phi) is 6.71. The standard InChI is InChI=1S/C21H25FN2O6S/c1-13-8-17(5-7-20(13)29-12-21(25)26)31(27,28)23-16-4-6-19(18(22)9-16)24-10-14(2)30-15(3)11-24/h4-9,14-15,23H,10-12H2,1-3H3,(H,25,26). The van der Waals surface area contributed by atoms with Crippen LogP contribution in [0.4, 0.5) is 15.8 Å². The van der Waals surface area contributed by atoms with Gasteiger partial charge in [0.2, 0.25) is 0 Å². The number of carboxylic acid groups (broad SMARTS) is 1. The molecule has 0 amide bonds. The SMILES string of the molecule is Cc1cc(S(=O)(=O)Nc2ccc(N3CC(C)OC(C)C3)c(F)c2)ccc1OCC(=O)O. The number of benzene rings is 2. The summed E-state index contributed by atoms with van der Waals surface area (Å²) in [7, 11) is -3.98. The second-order valence-electron chi connectivity index (χ2n) is 7.54. The molecule has 10 heteroatoms. The van der Waals surface area contributed by atoms with Gasteiger partial charge in [0.05, 0.1) is 28.5 Å². The third-order valence-corrected chi connectivity index (χ3v) is 6.15. The number of hydrogen-bond donors (Lipinski definition) is 2. The van der Waals surface area contributed by atoms with Crippen LogP contribution >= 0.6 is 0 Å². The van der Waals surface area contributed by atoms with Crippen LogP contribution in [-0.2, 0) is 19.6 Å². The van der Waals surface area contributed by atoms with Crippen LogP contribution < -0.4 is 14.4 Å². The molecule has 1 saturated heterocycles. The Balaban J connectivity index is 1.76. The third-order valence-electron chi connectivity index (χ3n) is 4.77. The monoisotopic (exact) mass is 452 g/mol. The second-order valence-corrected chi connectivity index (χ2v) is 9.23. The van der Waals surface area contributed by atoms with Gasteiger partial charge in [-0.15, -0.1) is 0 Å². The molecule has 0 aromatic heterocycles. The van der Waals surface area contributed by atoms with E-state index in [9.17, 15) is 17.6 Å². The highest BCUT2D eigenvalue weighted by molar-refractivity contribution is 7.92. The van der Waals surface area contributed by atoms with Crippen LogP contribution in [0, 0.1) is 12.7 Å². The molecule has 1 fully saturated rings. The highest BCUT2D eigenvalue weighted by Gasteiger charge is 2.25. The molecule has 2 atom stereocenters. The molecule has 1 aliphatic rings. The van der Waals surface area contributed by atoms with E-state index in [1.807, 2.05) is 18.7 Å². The molecule has 2 N–H and O–H groups in total. The zero-order chi connectivity index (χ0) is 22.8. The van der Waals surface area contributed by atoms with Gasteiger partial charge in [0.25, 0.3) is 10.0 Å². The van der Waals surface area contributed by atoms with Gasteiger partial charge in [-0.25, -0.2) is 17.6 Å². The number of carboxylic acids is 1. The van der Waals surface area contributed by atoms with Crippen LogP contribution in [0.5, 0.6) is 5.75 Å². The third kappa shape index (κ3) is 5.65. The van der Waals surface area contributed by atoms with E-state index in [1.165, 1.54) is 24.3 Å². The number of aliphatic carboxylic acids is 1. The lowest BCUT2D eigenvalue weighted by atomic mass is 10.2. The largest absolute Gasteiger partial charge is 0.482 e. The number of halogens is 1. The van der Waals surface area contributed by atoms with Gasteiger partial charge in [-0.2, -0.15) is 0 Å². The predicted molar refractivity (Wildman–Crippen MR) is 114 cm³/mol. The van der Waals surface area contributed by atoms with Crippen LogP contribution in [0.1, 0.15) is 19.4 Å². The Hall–Kier alpha value is -2.85. The predicted octanol–water partition coefficient (Wildman–Crippen LogP) is 3.01. The number of anilines is 2. The summed E-state index contributed by atoms with van der Waals surface area (Å²) in [4.78, 5) is 12.5. The number of rotatable bonds is 7. The van der Waals surface area contributed by atoms with E-state index in [1.54, 1.807) is 13.0 Å². The molecular formula is C21H25FN2O6S. The average Bonchev–Trinajstić information content (AvgIpc) is 2.65. The Morgan fingerprint density at radius 2 is 1.90 bits per heavy atom. The number of hydrogen-bond acceptors (Lipinski definition) is 6. The lowest BCUT2D eigenvalue weighted by Gasteiger charge is -2.37. The van der Waals surface area contributed by atoms with Gasteiger partial charge >= 0.3 is 5.97 Å². The molecule has 1 aliphatic heterocycles. The summed E-state index contributed by atoms with van der Waals surface area (Å²) >= 11 is 0. The Bertz CT molecular complexity index is 1070. The molecule has 3 rings (SSSR count). The molecule has 2 aromatic carbocycles. The van der Waals surface area contributed by atoms with Gasteiger partial charge in [-0.3, -0.25) is 4.72 Å². The summed E-state index contributed by atoms with van der Waals surface area (Å²) in [5.74, 6) is -1.40. The highest BCUT2D eigenvalue weighted by atomic mass is 32.2. The number of carbonyl (C=O) groups is 1. The van der Waals surface area contributed by atoms with Crippen molar-refractivity contribution in [2.75, 3.05) is 29.3 Å². The molecule has 0 bridgehead atoms. The Labute approximate surface area is 180 Å². The molecule has 0 spiro atoms. The molecule has 2 unspecified atom stereocenters. The van der Waals surface area contributed by atoms with Crippen molar-refractivity contribution >= 4 is 27.4 Å². The van der Waals surface area contributed by atoms with Gasteiger partial charge in [0, 0.05) is 19.2 Å². The fourth-order valence-electron chi connectivity index (χ4n) is 3.51. The van der Waals surface area contributed by atoms with E-state index in [0.29, 0.717) is 24.3 Å². The van der Waals surface area contributed by atoms with Crippen molar-refractivity contribution in [1.82, 2.24) is 0 Å². The van der Waals surface area contributed by atoms with Crippen molar-refractivity contribution in [3.05, 3.63) is 47.8 Å². The van der Waals surface area contributed by atoms with E-state index >= 15 is 0 Å². The van der Waals surface area contributed by atoms with Gasteiger partial charge in [0.15, 0.2) is 6.61 Å². The summed E-state index contributed by atoms with van der Waals surface area (Å²) in [5.41, 5.74) is 0.946. The lowest BCUT2D eigenvalue weighted by molar-refractivity contribution is -0.139. The molecule has 1 heterocycles. The van der Waals surface area contributed by atoms with Crippen molar-refractivity contribution < 1.29 is 32.2 Å². The zero-order valence-electron chi connectivity index (χ0n) is 17.5. The van der Waals surface area contributed by atoms with Crippen LogP contribution in [0.15, 0.2) is 41.3 Å². The first-order valence-electron chi connectivity index (χ1n) is 9.73. The van der Waals surface area contributed by atoms with Crippen molar-refractivity contribution in [3.63, 3.8) is 0 Å². The molecule has 0 saturated carbocycles. The molecule has 2 aromatic rings. The Morgan fingerprint density at radius 1 is 1.23 bits per heavy atom. The summed E-state index contributed by atoms with van der Waals surface area (Å²) in [6.07, 6.45) is -0.0703. The molecule has 0 radical (unpaired) electrons. The minimum absolute atomic E-state index is 0.0352. The van der Waals surface area contributed by atoms with Gasteiger partial charge in [-0.05, 0) is 56.7 Å². The lowest BCUT2D eigenvalue weighted by Crippen LogP contribution is -2.45. The van der Waals surface area contributed by atoms with Crippen molar-refractivity contribution in [2.24, 2.45) is 0 Å². The molecule has 31 heavy (non-hydrogen) atoms. The molecular weight excluding hydrogens is 427 g/mol. The minimum Gasteiger partial charge on any atom is -0.482 e.